The SMILES string of the molecule is CCC(CN(CC)C(=O)c1ccc(-n2ccnc2)nc1)c1ccccc1. The molecule has 3 aromatic rings. The highest BCUT2D eigenvalue weighted by Gasteiger charge is 2.19. The summed E-state index contributed by atoms with van der Waals surface area (Å²) in [6.07, 6.45) is 7.85. The minimum absolute atomic E-state index is 0.0200. The maximum Gasteiger partial charge on any atom is 0.255 e. The summed E-state index contributed by atoms with van der Waals surface area (Å²) in [4.78, 5) is 23.2. The number of hydrogen-bond acceptors (Lipinski definition) is 3. The van der Waals surface area contributed by atoms with E-state index in [9.17, 15) is 4.79 Å². The number of hydrogen-bond donors (Lipinski definition) is 0. The Morgan fingerprint density at radius 2 is 1.96 bits per heavy atom. The summed E-state index contributed by atoms with van der Waals surface area (Å²) in [5.41, 5.74) is 1.88. The Bertz CT molecular complexity index is 813. The predicted octanol–water partition coefficient (Wildman–Crippen LogP) is 3.92. The summed E-state index contributed by atoms with van der Waals surface area (Å²) in [5, 5.41) is 0. The van der Waals surface area contributed by atoms with E-state index in [1.54, 1.807) is 18.7 Å². The lowest BCUT2D eigenvalue weighted by Crippen LogP contribution is -2.34. The zero-order valence-electron chi connectivity index (χ0n) is 15.2. The van der Waals surface area contributed by atoms with Gasteiger partial charge in [0.25, 0.3) is 5.91 Å². The third kappa shape index (κ3) is 3.99. The molecule has 134 valence electrons. The minimum atomic E-state index is 0.0200. The topological polar surface area (TPSA) is 51.0 Å². The molecule has 0 spiro atoms. The molecule has 0 N–H and O–H groups in total. The van der Waals surface area contributed by atoms with Crippen LogP contribution in [0.25, 0.3) is 5.82 Å². The predicted molar refractivity (Wildman–Crippen MR) is 102 cm³/mol. The molecule has 2 aromatic heterocycles. The van der Waals surface area contributed by atoms with E-state index >= 15 is 0 Å². The smallest absolute Gasteiger partial charge is 0.255 e. The Morgan fingerprint density at radius 3 is 2.54 bits per heavy atom. The Hall–Kier alpha value is -2.95. The first kappa shape index (κ1) is 17.9. The van der Waals surface area contributed by atoms with Crippen molar-refractivity contribution in [2.24, 2.45) is 0 Å². The Balaban J connectivity index is 1.74. The van der Waals surface area contributed by atoms with Gasteiger partial charge in [-0.1, -0.05) is 37.3 Å². The van der Waals surface area contributed by atoms with Gasteiger partial charge in [-0.15, -0.1) is 0 Å². The van der Waals surface area contributed by atoms with Crippen LogP contribution in [0.2, 0.25) is 0 Å². The zero-order chi connectivity index (χ0) is 18.4. The summed E-state index contributed by atoms with van der Waals surface area (Å²) in [5.74, 6) is 1.10. The van der Waals surface area contributed by atoms with Crippen LogP contribution in [0.1, 0.15) is 42.1 Å². The Kier molecular flexibility index (Phi) is 5.79. The molecule has 0 saturated heterocycles. The molecule has 0 radical (unpaired) electrons. The van der Waals surface area contributed by atoms with Gasteiger partial charge >= 0.3 is 0 Å². The van der Waals surface area contributed by atoms with E-state index in [0.29, 0.717) is 24.6 Å². The van der Waals surface area contributed by atoms with E-state index < -0.39 is 0 Å². The largest absolute Gasteiger partial charge is 0.338 e. The highest BCUT2D eigenvalue weighted by atomic mass is 16.2. The normalized spacial score (nSPS) is 11.9. The highest BCUT2D eigenvalue weighted by molar-refractivity contribution is 5.94. The summed E-state index contributed by atoms with van der Waals surface area (Å²) < 4.78 is 1.81. The number of imidazole rings is 1. The van der Waals surface area contributed by atoms with Gasteiger partial charge in [0.15, 0.2) is 0 Å². The summed E-state index contributed by atoms with van der Waals surface area (Å²) in [6, 6.07) is 14.1. The van der Waals surface area contributed by atoms with Gasteiger partial charge in [0.05, 0.1) is 5.56 Å². The van der Waals surface area contributed by atoms with Crippen LogP contribution in [0.15, 0.2) is 67.4 Å². The lowest BCUT2D eigenvalue weighted by atomic mass is 9.95. The van der Waals surface area contributed by atoms with Gasteiger partial charge in [0, 0.05) is 37.6 Å². The maximum absolute atomic E-state index is 12.9. The van der Waals surface area contributed by atoms with E-state index in [0.717, 1.165) is 12.2 Å². The van der Waals surface area contributed by atoms with Crippen molar-refractivity contribution in [3.63, 3.8) is 0 Å². The molecule has 5 heteroatoms. The second kappa shape index (κ2) is 8.43. The molecular weight excluding hydrogens is 324 g/mol. The minimum Gasteiger partial charge on any atom is -0.338 e. The lowest BCUT2D eigenvalue weighted by molar-refractivity contribution is 0.0753. The van der Waals surface area contributed by atoms with Crippen LogP contribution >= 0.6 is 0 Å². The third-order valence-corrected chi connectivity index (χ3v) is 4.64. The molecule has 2 heterocycles. The first-order valence-electron chi connectivity index (χ1n) is 9.01. The van der Waals surface area contributed by atoms with Crippen molar-refractivity contribution in [1.82, 2.24) is 19.4 Å². The number of amides is 1. The monoisotopic (exact) mass is 348 g/mol. The number of rotatable bonds is 7. The third-order valence-electron chi connectivity index (χ3n) is 4.64. The molecule has 0 aliphatic carbocycles. The van der Waals surface area contributed by atoms with Gasteiger partial charge < -0.3 is 4.90 Å². The van der Waals surface area contributed by atoms with Crippen molar-refractivity contribution < 1.29 is 4.79 Å². The molecule has 0 fully saturated rings. The molecular formula is C21H24N4O. The number of carbonyl (C=O) groups is 1. The van der Waals surface area contributed by atoms with Crippen molar-refractivity contribution in [3.8, 4) is 5.82 Å². The van der Waals surface area contributed by atoms with Crippen LogP contribution in [0.5, 0.6) is 0 Å². The fraction of sp³-hybridized carbons (Fsp3) is 0.286. The quantitative estimate of drug-likeness (QED) is 0.650. The van der Waals surface area contributed by atoms with Crippen LogP contribution in [-0.2, 0) is 0 Å². The number of aromatic nitrogens is 3. The van der Waals surface area contributed by atoms with Crippen LogP contribution in [0.4, 0.5) is 0 Å². The van der Waals surface area contributed by atoms with Crippen LogP contribution in [0, 0.1) is 0 Å². The zero-order valence-corrected chi connectivity index (χ0v) is 15.2. The average Bonchev–Trinajstić information content (AvgIpc) is 3.24. The molecule has 0 bridgehead atoms. The summed E-state index contributed by atoms with van der Waals surface area (Å²) in [7, 11) is 0. The number of nitrogens with zero attached hydrogens (tertiary/aromatic N) is 4. The molecule has 26 heavy (non-hydrogen) atoms. The Morgan fingerprint density at radius 1 is 1.15 bits per heavy atom. The van der Waals surface area contributed by atoms with Gasteiger partial charge in [-0.3, -0.25) is 9.36 Å². The second-order valence-electron chi connectivity index (χ2n) is 6.23. The van der Waals surface area contributed by atoms with Crippen molar-refractivity contribution in [3.05, 3.63) is 78.5 Å². The lowest BCUT2D eigenvalue weighted by Gasteiger charge is -2.26. The first-order valence-corrected chi connectivity index (χ1v) is 9.01. The van der Waals surface area contributed by atoms with Gasteiger partial charge in [0.2, 0.25) is 0 Å². The van der Waals surface area contributed by atoms with Gasteiger partial charge in [0.1, 0.15) is 12.1 Å². The van der Waals surface area contributed by atoms with Crippen molar-refractivity contribution in [2.45, 2.75) is 26.2 Å². The van der Waals surface area contributed by atoms with E-state index in [1.807, 2.05) is 40.8 Å². The van der Waals surface area contributed by atoms with E-state index in [-0.39, 0.29) is 5.91 Å². The molecule has 0 saturated carbocycles. The standard InChI is InChI=1S/C21H24N4O/c1-3-17(18-8-6-5-7-9-18)15-24(4-2)21(26)19-10-11-20(23-14-19)25-13-12-22-16-25/h5-14,16-17H,3-4,15H2,1-2H3. The molecule has 5 nitrogen and oxygen atoms in total. The molecule has 3 rings (SSSR count). The number of benzene rings is 1. The molecule has 0 aliphatic heterocycles. The number of carbonyl (C=O) groups excluding carboxylic acids is 1. The summed E-state index contributed by atoms with van der Waals surface area (Å²) >= 11 is 0. The molecule has 1 aromatic carbocycles. The van der Waals surface area contributed by atoms with Crippen molar-refractivity contribution >= 4 is 5.91 Å². The number of pyridine rings is 1. The van der Waals surface area contributed by atoms with Gasteiger partial charge in [-0.05, 0) is 31.0 Å². The molecule has 1 atom stereocenters. The molecule has 0 aliphatic rings. The number of likely N-dealkylation sites (N-methyl/N-ethyl adjacent to an activating group) is 1. The van der Waals surface area contributed by atoms with Crippen molar-refractivity contribution in [1.29, 1.82) is 0 Å². The van der Waals surface area contributed by atoms with E-state index in [2.05, 4.69) is 41.2 Å². The Labute approximate surface area is 154 Å². The van der Waals surface area contributed by atoms with E-state index in [4.69, 9.17) is 0 Å². The fourth-order valence-corrected chi connectivity index (χ4v) is 3.06. The van der Waals surface area contributed by atoms with Crippen LogP contribution < -0.4 is 0 Å². The fourth-order valence-electron chi connectivity index (χ4n) is 3.06. The maximum atomic E-state index is 12.9. The second-order valence-corrected chi connectivity index (χ2v) is 6.23. The molecule has 1 unspecified atom stereocenters. The van der Waals surface area contributed by atoms with Crippen LogP contribution in [-0.4, -0.2) is 38.4 Å². The van der Waals surface area contributed by atoms with E-state index in [1.165, 1.54) is 5.56 Å². The highest BCUT2D eigenvalue weighted by Crippen LogP contribution is 2.21. The average molecular weight is 348 g/mol. The van der Waals surface area contributed by atoms with Crippen LogP contribution in [0.3, 0.4) is 0 Å². The van der Waals surface area contributed by atoms with Gasteiger partial charge in [-0.2, -0.15) is 0 Å². The molecule has 1 amide bonds. The summed E-state index contributed by atoms with van der Waals surface area (Å²) in [6.45, 7) is 5.56. The van der Waals surface area contributed by atoms with Crippen molar-refractivity contribution in [2.75, 3.05) is 13.1 Å². The van der Waals surface area contributed by atoms with Gasteiger partial charge in [-0.25, -0.2) is 9.97 Å². The first-order chi connectivity index (χ1) is 12.7.